The second-order valence-corrected chi connectivity index (χ2v) is 4.79. The molecule has 2 rings (SSSR count). The standard InChI is InChI=1S/C17H18O4/c1-11-8-13(5-6-14(11)18)15(19)9-12-4-7-16(20-2)17(10-12)21-3/h4-8,10,18H,9H2,1-3H3. The first-order valence-electron chi connectivity index (χ1n) is 6.59. The Morgan fingerprint density at radius 3 is 2.38 bits per heavy atom. The van der Waals surface area contributed by atoms with Crippen molar-refractivity contribution in [1.82, 2.24) is 0 Å². The molecule has 0 fully saturated rings. The molecule has 1 N–H and O–H groups in total. The number of phenolic OH excluding ortho intramolecular Hbond substituents is 1. The highest BCUT2D eigenvalue weighted by Crippen LogP contribution is 2.28. The minimum atomic E-state index is -0.00896. The van der Waals surface area contributed by atoms with Crippen molar-refractivity contribution in [3.63, 3.8) is 0 Å². The van der Waals surface area contributed by atoms with Gasteiger partial charge in [-0.3, -0.25) is 4.79 Å². The molecule has 110 valence electrons. The van der Waals surface area contributed by atoms with Gasteiger partial charge in [-0.15, -0.1) is 0 Å². The molecule has 0 aliphatic rings. The molecule has 0 bridgehead atoms. The first-order chi connectivity index (χ1) is 10.0. The van der Waals surface area contributed by atoms with E-state index in [1.807, 2.05) is 6.07 Å². The molecule has 0 spiro atoms. The first kappa shape index (κ1) is 14.9. The Labute approximate surface area is 123 Å². The quantitative estimate of drug-likeness (QED) is 0.858. The molecule has 4 heteroatoms. The molecule has 0 amide bonds. The Hall–Kier alpha value is -2.49. The highest BCUT2D eigenvalue weighted by atomic mass is 16.5. The molecule has 0 aliphatic carbocycles. The summed E-state index contributed by atoms with van der Waals surface area (Å²) in [4.78, 5) is 12.3. The SMILES string of the molecule is COc1ccc(CC(=O)c2ccc(O)c(C)c2)cc1OC. The number of hydrogen-bond donors (Lipinski definition) is 1. The Kier molecular flexibility index (Phi) is 4.48. The molecule has 0 aliphatic heterocycles. The van der Waals surface area contributed by atoms with Gasteiger partial charge in [-0.2, -0.15) is 0 Å². The van der Waals surface area contributed by atoms with Crippen molar-refractivity contribution in [3.05, 3.63) is 53.1 Å². The summed E-state index contributed by atoms with van der Waals surface area (Å²) in [5.41, 5.74) is 2.12. The van der Waals surface area contributed by atoms with Crippen LogP contribution in [0.1, 0.15) is 21.5 Å². The number of rotatable bonds is 5. The van der Waals surface area contributed by atoms with E-state index in [4.69, 9.17) is 9.47 Å². The van der Waals surface area contributed by atoms with Crippen LogP contribution in [-0.4, -0.2) is 25.1 Å². The van der Waals surface area contributed by atoms with Crippen molar-refractivity contribution in [3.8, 4) is 17.2 Å². The second-order valence-electron chi connectivity index (χ2n) is 4.79. The Morgan fingerprint density at radius 2 is 1.76 bits per heavy atom. The maximum absolute atomic E-state index is 12.3. The van der Waals surface area contributed by atoms with Gasteiger partial charge in [0.1, 0.15) is 5.75 Å². The molecular formula is C17H18O4. The van der Waals surface area contributed by atoms with Gasteiger partial charge >= 0.3 is 0 Å². The molecule has 2 aromatic carbocycles. The number of carbonyl (C=O) groups excluding carboxylic acids is 1. The monoisotopic (exact) mass is 286 g/mol. The van der Waals surface area contributed by atoms with E-state index in [2.05, 4.69) is 0 Å². The Bertz CT molecular complexity index is 662. The second kappa shape index (κ2) is 6.31. The molecule has 0 heterocycles. The molecule has 21 heavy (non-hydrogen) atoms. The lowest BCUT2D eigenvalue weighted by Crippen LogP contribution is -2.04. The zero-order valence-electron chi connectivity index (χ0n) is 12.3. The van der Waals surface area contributed by atoms with Gasteiger partial charge in [-0.1, -0.05) is 6.07 Å². The third kappa shape index (κ3) is 3.34. The van der Waals surface area contributed by atoms with Crippen LogP contribution in [0.15, 0.2) is 36.4 Å². The van der Waals surface area contributed by atoms with Crippen LogP contribution >= 0.6 is 0 Å². The van der Waals surface area contributed by atoms with E-state index in [9.17, 15) is 9.90 Å². The van der Waals surface area contributed by atoms with E-state index in [0.717, 1.165) is 5.56 Å². The van der Waals surface area contributed by atoms with Gasteiger partial charge in [-0.25, -0.2) is 0 Å². The smallest absolute Gasteiger partial charge is 0.167 e. The number of Topliss-reactive ketones (excluding diaryl/α,β-unsaturated/α-hetero) is 1. The summed E-state index contributed by atoms with van der Waals surface area (Å²) in [7, 11) is 3.13. The van der Waals surface area contributed by atoms with E-state index in [0.29, 0.717) is 22.6 Å². The first-order valence-corrected chi connectivity index (χ1v) is 6.59. The molecule has 4 nitrogen and oxygen atoms in total. The summed E-state index contributed by atoms with van der Waals surface area (Å²) in [6.45, 7) is 1.77. The van der Waals surface area contributed by atoms with Gasteiger partial charge in [0.25, 0.3) is 0 Å². The van der Waals surface area contributed by atoms with Gasteiger partial charge < -0.3 is 14.6 Å². The molecule has 0 aromatic heterocycles. The number of aryl methyl sites for hydroxylation is 1. The minimum Gasteiger partial charge on any atom is -0.508 e. The molecule has 0 saturated heterocycles. The topological polar surface area (TPSA) is 55.8 Å². The summed E-state index contributed by atoms with van der Waals surface area (Å²) in [5, 5.41) is 9.50. The molecule has 0 atom stereocenters. The van der Waals surface area contributed by atoms with E-state index < -0.39 is 0 Å². The fourth-order valence-corrected chi connectivity index (χ4v) is 2.11. The number of methoxy groups -OCH3 is 2. The lowest BCUT2D eigenvalue weighted by Gasteiger charge is -2.09. The van der Waals surface area contributed by atoms with Gasteiger partial charge in [0.2, 0.25) is 0 Å². The molecule has 0 saturated carbocycles. The number of benzene rings is 2. The fraction of sp³-hybridized carbons (Fsp3) is 0.235. The van der Waals surface area contributed by atoms with Crippen molar-refractivity contribution >= 4 is 5.78 Å². The van der Waals surface area contributed by atoms with Gasteiger partial charge in [0, 0.05) is 12.0 Å². The Balaban J connectivity index is 2.21. The molecule has 0 unspecified atom stereocenters. The highest BCUT2D eigenvalue weighted by Gasteiger charge is 2.11. The van der Waals surface area contributed by atoms with E-state index in [1.165, 1.54) is 6.07 Å². The van der Waals surface area contributed by atoms with Crippen molar-refractivity contribution in [1.29, 1.82) is 0 Å². The van der Waals surface area contributed by atoms with Crippen LogP contribution in [0, 0.1) is 6.92 Å². The number of ketones is 1. The van der Waals surface area contributed by atoms with Gasteiger partial charge in [-0.05, 0) is 48.4 Å². The lowest BCUT2D eigenvalue weighted by molar-refractivity contribution is 0.0993. The number of hydrogen-bond acceptors (Lipinski definition) is 4. The van der Waals surface area contributed by atoms with Gasteiger partial charge in [0.05, 0.1) is 14.2 Å². The van der Waals surface area contributed by atoms with E-state index in [-0.39, 0.29) is 18.0 Å². The van der Waals surface area contributed by atoms with Crippen LogP contribution in [0.4, 0.5) is 0 Å². The van der Waals surface area contributed by atoms with Crippen LogP contribution in [0.5, 0.6) is 17.2 Å². The lowest BCUT2D eigenvalue weighted by atomic mass is 10.0. The third-order valence-corrected chi connectivity index (χ3v) is 3.33. The van der Waals surface area contributed by atoms with Crippen LogP contribution in [-0.2, 0) is 6.42 Å². The number of carbonyl (C=O) groups is 1. The van der Waals surface area contributed by atoms with Crippen LogP contribution in [0.25, 0.3) is 0 Å². The highest BCUT2D eigenvalue weighted by molar-refractivity contribution is 5.97. The molecular weight excluding hydrogens is 268 g/mol. The predicted molar refractivity (Wildman–Crippen MR) is 80.4 cm³/mol. The third-order valence-electron chi connectivity index (χ3n) is 3.33. The van der Waals surface area contributed by atoms with Crippen LogP contribution in [0.3, 0.4) is 0 Å². The van der Waals surface area contributed by atoms with Gasteiger partial charge in [0.15, 0.2) is 17.3 Å². The summed E-state index contributed by atoms with van der Waals surface area (Å²) < 4.78 is 10.4. The predicted octanol–water partition coefficient (Wildman–Crippen LogP) is 3.14. The number of phenols is 1. The van der Waals surface area contributed by atoms with Crippen molar-refractivity contribution in [2.24, 2.45) is 0 Å². The Morgan fingerprint density at radius 1 is 1.05 bits per heavy atom. The maximum Gasteiger partial charge on any atom is 0.167 e. The average Bonchev–Trinajstić information content (AvgIpc) is 2.49. The maximum atomic E-state index is 12.3. The normalized spacial score (nSPS) is 10.2. The number of ether oxygens (including phenoxy) is 2. The molecule has 0 radical (unpaired) electrons. The summed E-state index contributed by atoms with van der Waals surface area (Å²) >= 11 is 0. The summed E-state index contributed by atoms with van der Waals surface area (Å²) in [6.07, 6.45) is 0.268. The van der Waals surface area contributed by atoms with Crippen molar-refractivity contribution < 1.29 is 19.4 Å². The van der Waals surface area contributed by atoms with E-state index in [1.54, 1.807) is 45.4 Å². The zero-order valence-corrected chi connectivity index (χ0v) is 12.3. The van der Waals surface area contributed by atoms with Crippen molar-refractivity contribution in [2.75, 3.05) is 14.2 Å². The fourth-order valence-electron chi connectivity index (χ4n) is 2.11. The van der Waals surface area contributed by atoms with Crippen LogP contribution < -0.4 is 9.47 Å². The number of aromatic hydroxyl groups is 1. The van der Waals surface area contributed by atoms with E-state index >= 15 is 0 Å². The summed E-state index contributed by atoms with van der Waals surface area (Å²) in [5.74, 6) is 1.42. The largest absolute Gasteiger partial charge is 0.508 e. The summed E-state index contributed by atoms with van der Waals surface area (Å²) in [6, 6.07) is 10.3. The minimum absolute atomic E-state index is 0.00896. The van der Waals surface area contributed by atoms with Crippen molar-refractivity contribution in [2.45, 2.75) is 13.3 Å². The van der Waals surface area contributed by atoms with Crippen LogP contribution in [0.2, 0.25) is 0 Å². The average molecular weight is 286 g/mol. The zero-order chi connectivity index (χ0) is 15.4. The molecule has 2 aromatic rings.